The van der Waals surface area contributed by atoms with E-state index in [9.17, 15) is 4.79 Å². The van der Waals surface area contributed by atoms with Crippen molar-refractivity contribution in [3.05, 3.63) is 0 Å². The van der Waals surface area contributed by atoms with Crippen LogP contribution in [0.5, 0.6) is 0 Å². The Labute approximate surface area is 54.1 Å². The van der Waals surface area contributed by atoms with Crippen molar-refractivity contribution in [2.24, 2.45) is 0 Å². The Morgan fingerprint density at radius 3 is 2.67 bits per heavy atom. The molecular formula is C6H11NO2. The van der Waals surface area contributed by atoms with Gasteiger partial charge in [0.1, 0.15) is 5.78 Å². The van der Waals surface area contributed by atoms with E-state index in [1.807, 2.05) is 0 Å². The summed E-state index contributed by atoms with van der Waals surface area (Å²) in [6.45, 7) is 2.10. The fraction of sp³-hybridized carbons (Fsp3) is 0.833. The second-order valence-corrected chi connectivity index (χ2v) is 2.46. The van der Waals surface area contributed by atoms with Crippen LogP contribution in [0.1, 0.15) is 13.3 Å². The number of carbonyl (C=O) groups excluding carboxylic acids is 1. The van der Waals surface area contributed by atoms with Crippen LogP contribution in [-0.2, 0) is 4.79 Å². The Hall–Kier alpha value is -0.410. The number of carbonyl (C=O) groups is 1. The predicted molar refractivity (Wildman–Crippen MR) is 33.1 cm³/mol. The first kappa shape index (κ1) is 6.71. The van der Waals surface area contributed by atoms with Gasteiger partial charge in [0.05, 0.1) is 12.1 Å². The van der Waals surface area contributed by atoms with Crippen LogP contribution in [0, 0.1) is 0 Å². The van der Waals surface area contributed by atoms with Crippen molar-refractivity contribution in [2.75, 3.05) is 6.54 Å². The molecule has 0 amide bonds. The minimum atomic E-state index is -0.320. The van der Waals surface area contributed by atoms with Gasteiger partial charge in [0, 0.05) is 6.54 Å². The number of aliphatic hydroxyl groups excluding tert-OH is 1. The van der Waals surface area contributed by atoms with E-state index in [2.05, 4.69) is 5.32 Å². The number of hydrogen-bond donors (Lipinski definition) is 2. The van der Waals surface area contributed by atoms with Crippen LogP contribution in [0.4, 0.5) is 0 Å². The van der Waals surface area contributed by atoms with E-state index < -0.39 is 0 Å². The fourth-order valence-electron chi connectivity index (χ4n) is 1.03. The van der Waals surface area contributed by atoms with Gasteiger partial charge >= 0.3 is 0 Å². The van der Waals surface area contributed by atoms with Gasteiger partial charge < -0.3 is 10.4 Å². The first-order chi connectivity index (χ1) is 4.20. The molecule has 1 fully saturated rings. The number of nitrogens with one attached hydrogen (secondary N) is 1. The molecule has 0 saturated carbocycles. The van der Waals surface area contributed by atoms with Gasteiger partial charge in [0.25, 0.3) is 0 Å². The van der Waals surface area contributed by atoms with Crippen LogP contribution in [0.15, 0.2) is 0 Å². The third-order valence-corrected chi connectivity index (χ3v) is 1.60. The van der Waals surface area contributed by atoms with E-state index in [1.165, 1.54) is 6.92 Å². The van der Waals surface area contributed by atoms with E-state index in [0.717, 1.165) is 0 Å². The molecule has 52 valence electrons. The highest BCUT2D eigenvalue weighted by Crippen LogP contribution is 2.05. The lowest BCUT2D eigenvalue weighted by Gasteiger charge is -2.01. The molecule has 1 rings (SSSR count). The van der Waals surface area contributed by atoms with Crippen LogP contribution in [-0.4, -0.2) is 29.6 Å². The smallest absolute Gasteiger partial charge is 0.146 e. The molecule has 0 aromatic heterocycles. The predicted octanol–water partition coefficient (Wildman–Crippen LogP) is -0.702. The van der Waals surface area contributed by atoms with Crippen molar-refractivity contribution in [1.29, 1.82) is 0 Å². The first-order valence-electron chi connectivity index (χ1n) is 3.12. The summed E-state index contributed by atoms with van der Waals surface area (Å²) in [5, 5.41) is 11.8. The van der Waals surface area contributed by atoms with Crippen molar-refractivity contribution in [3.63, 3.8) is 0 Å². The summed E-state index contributed by atoms with van der Waals surface area (Å²) >= 11 is 0. The van der Waals surface area contributed by atoms with Gasteiger partial charge in [-0.1, -0.05) is 0 Å². The molecule has 1 aliphatic rings. The maximum absolute atomic E-state index is 10.6. The Kier molecular flexibility index (Phi) is 1.83. The molecule has 0 aliphatic carbocycles. The molecule has 2 N–H and O–H groups in total. The highest BCUT2D eigenvalue weighted by molar-refractivity contribution is 5.81. The molecule has 3 nitrogen and oxygen atoms in total. The lowest BCUT2D eigenvalue weighted by molar-refractivity contribution is -0.118. The molecule has 1 aliphatic heterocycles. The average molecular weight is 129 g/mol. The van der Waals surface area contributed by atoms with E-state index in [1.54, 1.807) is 0 Å². The summed E-state index contributed by atoms with van der Waals surface area (Å²) in [6, 6.07) is -0.0972. The number of ketones is 1. The van der Waals surface area contributed by atoms with Crippen molar-refractivity contribution in [2.45, 2.75) is 25.5 Å². The van der Waals surface area contributed by atoms with Gasteiger partial charge in [0.15, 0.2) is 0 Å². The molecule has 0 radical (unpaired) electrons. The first-order valence-corrected chi connectivity index (χ1v) is 3.12. The number of hydrogen-bond acceptors (Lipinski definition) is 3. The third-order valence-electron chi connectivity index (χ3n) is 1.60. The average Bonchev–Trinajstić information content (AvgIpc) is 2.14. The Bertz CT molecular complexity index is 124. The normalized spacial score (nSPS) is 34.9. The van der Waals surface area contributed by atoms with Crippen LogP contribution in [0.2, 0.25) is 0 Å². The van der Waals surface area contributed by atoms with E-state index in [-0.39, 0.29) is 17.9 Å². The summed E-state index contributed by atoms with van der Waals surface area (Å²) < 4.78 is 0. The second kappa shape index (κ2) is 2.45. The summed E-state index contributed by atoms with van der Waals surface area (Å²) in [6.07, 6.45) is 0.258. The maximum Gasteiger partial charge on any atom is 0.146 e. The van der Waals surface area contributed by atoms with Crippen molar-refractivity contribution >= 4 is 5.78 Å². The number of aliphatic hydroxyl groups is 1. The van der Waals surface area contributed by atoms with Crippen LogP contribution in [0.3, 0.4) is 0 Å². The minimum absolute atomic E-state index is 0.0972. The summed E-state index contributed by atoms with van der Waals surface area (Å²) in [7, 11) is 0. The topological polar surface area (TPSA) is 49.3 Å². The lowest BCUT2D eigenvalue weighted by Crippen LogP contribution is -2.28. The molecular weight excluding hydrogens is 118 g/mol. The summed E-state index contributed by atoms with van der Waals surface area (Å²) in [4.78, 5) is 10.6. The third kappa shape index (κ3) is 1.50. The SMILES string of the molecule is CC(=O)[C@@H]1C[C@H](O)CN1. The maximum atomic E-state index is 10.6. The monoisotopic (exact) mass is 129 g/mol. The molecule has 0 aromatic rings. The fourth-order valence-corrected chi connectivity index (χ4v) is 1.03. The molecule has 0 aromatic carbocycles. The standard InChI is InChI=1S/C6H11NO2/c1-4(8)6-2-5(9)3-7-6/h5-7,9H,2-3H2,1H3/t5-,6-/m0/s1. The largest absolute Gasteiger partial charge is 0.392 e. The highest BCUT2D eigenvalue weighted by Gasteiger charge is 2.24. The van der Waals surface area contributed by atoms with Gasteiger partial charge in [0.2, 0.25) is 0 Å². The molecule has 1 saturated heterocycles. The zero-order chi connectivity index (χ0) is 6.85. The van der Waals surface area contributed by atoms with Crippen molar-refractivity contribution in [3.8, 4) is 0 Å². The van der Waals surface area contributed by atoms with Crippen molar-refractivity contribution < 1.29 is 9.90 Å². The summed E-state index contributed by atoms with van der Waals surface area (Å²) in [5.41, 5.74) is 0. The zero-order valence-corrected chi connectivity index (χ0v) is 5.42. The molecule has 2 atom stereocenters. The van der Waals surface area contributed by atoms with Crippen LogP contribution >= 0.6 is 0 Å². The summed E-state index contributed by atoms with van der Waals surface area (Å²) in [5.74, 6) is 0.117. The Morgan fingerprint density at radius 2 is 2.44 bits per heavy atom. The van der Waals surface area contributed by atoms with Crippen LogP contribution < -0.4 is 5.32 Å². The van der Waals surface area contributed by atoms with Gasteiger partial charge in [-0.25, -0.2) is 0 Å². The van der Waals surface area contributed by atoms with Gasteiger partial charge in [-0.2, -0.15) is 0 Å². The van der Waals surface area contributed by atoms with Gasteiger partial charge in [-0.15, -0.1) is 0 Å². The second-order valence-electron chi connectivity index (χ2n) is 2.46. The highest BCUT2D eigenvalue weighted by atomic mass is 16.3. The molecule has 9 heavy (non-hydrogen) atoms. The molecule has 0 spiro atoms. The number of Topliss-reactive ketones (excluding diaryl/α,β-unsaturated/α-hetero) is 1. The van der Waals surface area contributed by atoms with E-state index in [0.29, 0.717) is 13.0 Å². The van der Waals surface area contributed by atoms with Crippen molar-refractivity contribution in [1.82, 2.24) is 5.32 Å². The number of β-amino-alcohol motifs (C(OH)–C–C–N with tert-alkyl or cyclic N) is 1. The van der Waals surface area contributed by atoms with Gasteiger partial charge in [-0.3, -0.25) is 4.79 Å². The van der Waals surface area contributed by atoms with E-state index >= 15 is 0 Å². The Balaban J connectivity index is 2.39. The van der Waals surface area contributed by atoms with Gasteiger partial charge in [-0.05, 0) is 13.3 Å². The number of rotatable bonds is 1. The molecule has 3 heteroatoms. The lowest BCUT2D eigenvalue weighted by atomic mass is 10.1. The Morgan fingerprint density at radius 1 is 1.78 bits per heavy atom. The zero-order valence-electron chi connectivity index (χ0n) is 5.42. The molecule has 0 bridgehead atoms. The minimum Gasteiger partial charge on any atom is -0.392 e. The molecule has 1 heterocycles. The van der Waals surface area contributed by atoms with E-state index in [4.69, 9.17) is 5.11 Å². The van der Waals surface area contributed by atoms with Crippen LogP contribution in [0.25, 0.3) is 0 Å². The molecule has 0 unspecified atom stereocenters. The quantitative estimate of drug-likeness (QED) is 0.492.